The molecule has 1 saturated heterocycles. The zero-order chi connectivity index (χ0) is 23.4. The summed E-state index contributed by atoms with van der Waals surface area (Å²) in [7, 11) is -3.49. The Balaban J connectivity index is 1.48. The highest BCUT2D eigenvalue weighted by Crippen LogP contribution is 2.56. The number of carbonyl (C=O) groups is 1. The van der Waals surface area contributed by atoms with E-state index in [0.717, 1.165) is 42.2 Å². The van der Waals surface area contributed by atoms with Crippen LogP contribution in [0, 0.1) is 11.2 Å². The molecule has 6 nitrogen and oxygen atoms in total. The largest absolute Gasteiger partial charge is 0.380 e. The summed E-state index contributed by atoms with van der Waals surface area (Å²) >= 11 is 0. The fraction of sp³-hybridized carbons (Fsp3) is 0.480. The Hall–Kier alpha value is -2.29. The van der Waals surface area contributed by atoms with E-state index < -0.39 is 27.7 Å². The highest BCUT2D eigenvalue weighted by atomic mass is 32.2. The number of nitrogens with zero attached hydrogens (tertiary/aromatic N) is 1. The van der Waals surface area contributed by atoms with Crippen molar-refractivity contribution in [2.45, 2.75) is 56.2 Å². The summed E-state index contributed by atoms with van der Waals surface area (Å²) in [6, 6.07) is 13.3. The van der Waals surface area contributed by atoms with E-state index in [1.165, 1.54) is 12.1 Å². The second-order valence-electron chi connectivity index (χ2n) is 10.0. The normalized spacial score (nSPS) is 25.1. The van der Waals surface area contributed by atoms with Crippen LogP contribution in [-0.2, 0) is 21.2 Å². The molecule has 1 spiro atoms. The first kappa shape index (κ1) is 22.5. The van der Waals surface area contributed by atoms with Gasteiger partial charge in [0, 0.05) is 18.0 Å². The van der Waals surface area contributed by atoms with E-state index in [9.17, 15) is 22.7 Å². The lowest BCUT2D eigenvalue weighted by Crippen LogP contribution is -2.57. The molecule has 2 unspecified atom stereocenters. The summed E-state index contributed by atoms with van der Waals surface area (Å²) in [6.45, 7) is 0.454. The minimum absolute atomic E-state index is 0.274. The number of hydrogen-bond donors (Lipinski definition) is 2. The van der Waals surface area contributed by atoms with Crippen molar-refractivity contribution in [2.24, 2.45) is 5.41 Å². The molecule has 1 heterocycles. The Morgan fingerprint density at radius 2 is 1.79 bits per heavy atom. The molecule has 2 N–H and O–H groups in total. The van der Waals surface area contributed by atoms with E-state index in [2.05, 4.69) is 4.72 Å². The standard InChI is InChI=1S/C25H29FN2O4S/c1-33(31,32)27-22-21(28(16-24(22)11-12-24)23(29)25(30)9-4-10-25)14-17-5-2-6-18(13-17)19-7-3-8-20(26)15-19/h2-3,5-8,13,15,21-22,27,30H,4,9-12,14,16H2,1H3. The van der Waals surface area contributed by atoms with Crippen LogP contribution >= 0.6 is 0 Å². The van der Waals surface area contributed by atoms with Crippen molar-refractivity contribution in [3.63, 3.8) is 0 Å². The highest BCUT2D eigenvalue weighted by Gasteiger charge is 2.63. The molecule has 3 fully saturated rings. The van der Waals surface area contributed by atoms with Crippen LogP contribution in [0.1, 0.15) is 37.7 Å². The summed E-state index contributed by atoms with van der Waals surface area (Å²) < 4.78 is 41.0. The number of benzene rings is 2. The third kappa shape index (κ3) is 4.32. The van der Waals surface area contributed by atoms with Gasteiger partial charge < -0.3 is 10.0 Å². The lowest BCUT2D eigenvalue weighted by Gasteiger charge is -2.40. The predicted molar refractivity (Wildman–Crippen MR) is 123 cm³/mol. The van der Waals surface area contributed by atoms with E-state index >= 15 is 0 Å². The first-order valence-corrected chi connectivity index (χ1v) is 13.3. The van der Waals surface area contributed by atoms with Gasteiger partial charge in [0.15, 0.2) is 0 Å². The molecule has 2 aromatic rings. The minimum Gasteiger partial charge on any atom is -0.380 e. The fourth-order valence-corrected chi connectivity index (χ4v) is 6.31. The van der Waals surface area contributed by atoms with Crippen molar-refractivity contribution in [1.82, 2.24) is 9.62 Å². The lowest BCUT2D eigenvalue weighted by molar-refractivity contribution is -0.161. The van der Waals surface area contributed by atoms with Gasteiger partial charge in [0.05, 0.1) is 12.3 Å². The lowest BCUT2D eigenvalue weighted by atomic mass is 9.79. The molecule has 0 aromatic heterocycles. The van der Waals surface area contributed by atoms with Gasteiger partial charge in [-0.15, -0.1) is 0 Å². The zero-order valence-electron chi connectivity index (χ0n) is 18.6. The van der Waals surface area contributed by atoms with Crippen molar-refractivity contribution >= 4 is 15.9 Å². The van der Waals surface area contributed by atoms with Crippen LogP contribution in [0.15, 0.2) is 48.5 Å². The average Bonchev–Trinajstić information content (AvgIpc) is 3.47. The van der Waals surface area contributed by atoms with Crippen LogP contribution in [0.25, 0.3) is 11.1 Å². The molecule has 1 amide bonds. The van der Waals surface area contributed by atoms with Gasteiger partial charge in [0.25, 0.3) is 5.91 Å². The second-order valence-corrected chi connectivity index (χ2v) is 11.8. The SMILES string of the molecule is CS(=O)(=O)NC1C(Cc2cccc(-c3cccc(F)c3)c2)N(C(=O)C2(O)CCC2)CC12CC2. The predicted octanol–water partition coefficient (Wildman–Crippen LogP) is 2.86. The van der Waals surface area contributed by atoms with Crippen LogP contribution < -0.4 is 4.72 Å². The smallest absolute Gasteiger partial charge is 0.254 e. The Labute approximate surface area is 193 Å². The van der Waals surface area contributed by atoms with E-state index in [1.54, 1.807) is 11.0 Å². The van der Waals surface area contributed by atoms with Crippen LogP contribution in [0.2, 0.25) is 0 Å². The van der Waals surface area contributed by atoms with Gasteiger partial charge >= 0.3 is 0 Å². The Kier molecular flexibility index (Phi) is 5.38. The van der Waals surface area contributed by atoms with Crippen molar-refractivity contribution in [2.75, 3.05) is 12.8 Å². The molecule has 0 bridgehead atoms. The molecular formula is C25H29FN2O4S. The van der Waals surface area contributed by atoms with E-state index in [0.29, 0.717) is 25.8 Å². The Morgan fingerprint density at radius 3 is 2.36 bits per heavy atom. The molecule has 2 aliphatic carbocycles. The first-order valence-electron chi connectivity index (χ1n) is 11.4. The summed E-state index contributed by atoms with van der Waals surface area (Å²) in [4.78, 5) is 15.1. The maximum atomic E-state index is 13.7. The number of rotatable bonds is 6. The van der Waals surface area contributed by atoms with Crippen molar-refractivity contribution in [3.05, 3.63) is 59.9 Å². The molecular weight excluding hydrogens is 443 g/mol. The molecule has 8 heteroatoms. The van der Waals surface area contributed by atoms with E-state index in [-0.39, 0.29) is 17.1 Å². The number of sulfonamides is 1. The third-order valence-electron chi connectivity index (χ3n) is 7.53. The molecule has 2 saturated carbocycles. The van der Waals surface area contributed by atoms with Gasteiger partial charge in [-0.1, -0.05) is 36.4 Å². The molecule has 176 valence electrons. The van der Waals surface area contributed by atoms with E-state index in [1.807, 2.05) is 30.3 Å². The quantitative estimate of drug-likeness (QED) is 0.677. The van der Waals surface area contributed by atoms with Gasteiger partial charge in [0.1, 0.15) is 11.4 Å². The number of likely N-dealkylation sites (tertiary alicyclic amines) is 1. The molecule has 1 aliphatic heterocycles. The van der Waals surface area contributed by atoms with Gasteiger partial charge in [0.2, 0.25) is 10.0 Å². The van der Waals surface area contributed by atoms with Crippen LogP contribution in [0.5, 0.6) is 0 Å². The number of hydrogen-bond acceptors (Lipinski definition) is 4. The van der Waals surface area contributed by atoms with Crippen molar-refractivity contribution in [1.29, 1.82) is 0 Å². The van der Waals surface area contributed by atoms with Gasteiger partial charge in [-0.25, -0.2) is 17.5 Å². The Bertz CT molecular complexity index is 1190. The molecule has 3 aliphatic rings. The van der Waals surface area contributed by atoms with Crippen LogP contribution in [0.4, 0.5) is 4.39 Å². The summed E-state index contributed by atoms with van der Waals surface area (Å²) in [6.07, 6.45) is 4.99. The molecule has 2 atom stereocenters. The average molecular weight is 473 g/mol. The summed E-state index contributed by atoms with van der Waals surface area (Å²) in [5.41, 5.74) is 0.929. The monoisotopic (exact) mass is 472 g/mol. The van der Waals surface area contributed by atoms with Crippen molar-refractivity contribution < 1.29 is 22.7 Å². The fourth-order valence-electron chi connectivity index (χ4n) is 5.44. The zero-order valence-corrected chi connectivity index (χ0v) is 19.4. The number of amides is 1. The first-order chi connectivity index (χ1) is 15.6. The highest BCUT2D eigenvalue weighted by molar-refractivity contribution is 7.88. The number of nitrogens with one attached hydrogen (secondary N) is 1. The topological polar surface area (TPSA) is 86.7 Å². The molecule has 5 rings (SSSR count). The number of carbonyl (C=O) groups excluding carboxylic acids is 1. The van der Waals surface area contributed by atoms with Gasteiger partial charge in [-0.05, 0) is 67.3 Å². The second kappa shape index (κ2) is 7.89. The third-order valence-corrected chi connectivity index (χ3v) is 8.21. The maximum absolute atomic E-state index is 13.7. The summed E-state index contributed by atoms with van der Waals surface area (Å²) in [5, 5.41) is 10.8. The van der Waals surface area contributed by atoms with Gasteiger partial charge in [-0.3, -0.25) is 4.79 Å². The Morgan fingerprint density at radius 1 is 1.12 bits per heavy atom. The van der Waals surface area contributed by atoms with Crippen LogP contribution in [0.3, 0.4) is 0 Å². The molecule has 2 aromatic carbocycles. The van der Waals surface area contributed by atoms with Crippen LogP contribution in [-0.4, -0.2) is 54.8 Å². The summed E-state index contributed by atoms with van der Waals surface area (Å²) in [5.74, 6) is -0.601. The number of halogens is 1. The number of aliphatic hydroxyl groups is 1. The maximum Gasteiger partial charge on any atom is 0.254 e. The van der Waals surface area contributed by atoms with Gasteiger partial charge in [-0.2, -0.15) is 0 Å². The van der Waals surface area contributed by atoms with Crippen molar-refractivity contribution in [3.8, 4) is 11.1 Å². The minimum atomic E-state index is -3.49. The molecule has 33 heavy (non-hydrogen) atoms. The van der Waals surface area contributed by atoms with E-state index in [4.69, 9.17) is 0 Å². The molecule has 0 radical (unpaired) electrons.